The fourth-order valence-electron chi connectivity index (χ4n) is 3.48. The summed E-state index contributed by atoms with van der Waals surface area (Å²) in [6.07, 6.45) is 0.674. The summed E-state index contributed by atoms with van der Waals surface area (Å²) < 4.78 is 28.8. The zero-order chi connectivity index (χ0) is 50.8. The molecule has 2 saturated heterocycles. The Kier molecular flexibility index (Phi) is 41.0. The van der Waals surface area contributed by atoms with E-state index in [2.05, 4.69) is 82.1 Å². The minimum absolute atomic E-state index is 0.167. The molecular weight excluding hydrogens is 886 g/mol. The molecule has 364 valence electrons. The van der Waals surface area contributed by atoms with Crippen molar-refractivity contribution in [2.75, 3.05) is 39.5 Å². The molecule has 0 radical (unpaired) electrons. The van der Waals surface area contributed by atoms with Crippen molar-refractivity contribution >= 4 is 63.3 Å². The van der Waals surface area contributed by atoms with Crippen LogP contribution in [0.2, 0.25) is 0 Å². The predicted molar refractivity (Wildman–Crippen MR) is 247 cm³/mol. The lowest BCUT2D eigenvalue weighted by Crippen LogP contribution is -2.43. The summed E-state index contributed by atoms with van der Waals surface area (Å²) in [5.74, 6) is -3.77. The minimum Gasteiger partial charge on any atom is -0.465 e. The lowest BCUT2D eigenvalue weighted by atomic mass is 9.89. The molecule has 63 heavy (non-hydrogen) atoms. The van der Waals surface area contributed by atoms with Gasteiger partial charge in [0.25, 0.3) is 0 Å². The number of esters is 6. The van der Waals surface area contributed by atoms with Crippen molar-refractivity contribution in [2.45, 2.75) is 152 Å². The summed E-state index contributed by atoms with van der Waals surface area (Å²) in [5.41, 5.74) is 0.111. The van der Waals surface area contributed by atoms with Crippen molar-refractivity contribution in [3.05, 3.63) is 48.6 Å². The number of cyclic esters (lactones) is 1. The molecule has 0 saturated carbocycles. The summed E-state index contributed by atoms with van der Waals surface area (Å²) in [6.45, 7) is 46.4. The first-order chi connectivity index (χ1) is 28.9. The molecule has 0 aromatic rings. The smallest absolute Gasteiger partial charge is 0.340 e. The van der Waals surface area contributed by atoms with Gasteiger partial charge < -0.3 is 38.4 Å². The average Bonchev–Trinajstić information content (AvgIpc) is 3.84. The Morgan fingerprint density at radius 1 is 0.746 bits per heavy atom. The van der Waals surface area contributed by atoms with Gasteiger partial charge in [0.15, 0.2) is 23.3 Å². The average molecular weight is 965 g/mol. The molecule has 2 heterocycles. The van der Waals surface area contributed by atoms with E-state index in [0.717, 1.165) is 13.2 Å². The third-order valence-corrected chi connectivity index (χ3v) is 8.80. The Bertz CT molecular complexity index is 1460. The SMILES string of the molecule is C1CCOC1.C=C(C)C(=O)OC(=O)C(=C)C.C=C(C)C(=O)OC(C)C(C)=O.C=C(C)C(=O)OC1(C)C(C)OC(=O)C1C.CC(=O)C(C)O.CCN(CC)CC.CCOC(=O)C(C)Br. The number of hydrogen-bond donors (Lipinski definition) is 1. The molecule has 2 rings (SSSR count). The van der Waals surface area contributed by atoms with Gasteiger partial charge in [0.2, 0.25) is 0 Å². The number of carbonyl (C=O) groups is 8. The molecule has 16 nitrogen and oxygen atoms in total. The Morgan fingerprint density at radius 3 is 1.32 bits per heavy atom. The molecule has 2 aliphatic heterocycles. The Morgan fingerprint density at radius 2 is 1.13 bits per heavy atom. The highest BCUT2D eigenvalue weighted by Crippen LogP contribution is 2.35. The number of rotatable bonds is 13. The maximum Gasteiger partial charge on any atom is 0.340 e. The lowest BCUT2D eigenvalue weighted by molar-refractivity contribution is -0.161. The van der Waals surface area contributed by atoms with Crippen molar-refractivity contribution < 1.29 is 71.9 Å². The van der Waals surface area contributed by atoms with Gasteiger partial charge in [-0.2, -0.15) is 0 Å². The number of ketones is 2. The van der Waals surface area contributed by atoms with E-state index in [-0.39, 0.29) is 39.5 Å². The van der Waals surface area contributed by atoms with Crippen LogP contribution in [-0.4, -0.2) is 126 Å². The molecule has 6 atom stereocenters. The molecule has 2 fully saturated rings. The molecule has 0 aliphatic carbocycles. The van der Waals surface area contributed by atoms with Crippen LogP contribution in [0.4, 0.5) is 0 Å². The molecule has 0 aromatic carbocycles. The summed E-state index contributed by atoms with van der Waals surface area (Å²) >= 11 is 3.07. The third kappa shape index (κ3) is 35.8. The van der Waals surface area contributed by atoms with Gasteiger partial charge in [-0.05, 0) is 122 Å². The van der Waals surface area contributed by atoms with Crippen LogP contribution >= 0.6 is 15.9 Å². The molecular formula is C46H78BrNO15. The molecule has 1 N–H and O–H groups in total. The Hall–Kier alpha value is -4.32. The van der Waals surface area contributed by atoms with Crippen molar-refractivity contribution in [3.63, 3.8) is 0 Å². The van der Waals surface area contributed by atoms with Gasteiger partial charge >= 0.3 is 35.8 Å². The Balaban J connectivity index is -0.000000214. The van der Waals surface area contributed by atoms with Crippen LogP contribution in [0.5, 0.6) is 0 Å². The number of nitrogens with zero attached hydrogens (tertiary/aromatic N) is 1. The van der Waals surface area contributed by atoms with Crippen LogP contribution in [0, 0.1) is 5.92 Å². The van der Waals surface area contributed by atoms with Crippen molar-refractivity contribution in [1.82, 2.24) is 4.90 Å². The fourth-order valence-corrected chi connectivity index (χ4v) is 3.61. The Labute approximate surface area is 385 Å². The summed E-state index contributed by atoms with van der Waals surface area (Å²) in [6, 6.07) is 0. The van der Waals surface area contributed by atoms with Crippen LogP contribution < -0.4 is 0 Å². The maximum absolute atomic E-state index is 11.4. The van der Waals surface area contributed by atoms with E-state index in [9.17, 15) is 38.4 Å². The van der Waals surface area contributed by atoms with Crippen LogP contribution in [0.15, 0.2) is 48.6 Å². The van der Waals surface area contributed by atoms with E-state index in [1.54, 1.807) is 41.5 Å². The molecule has 6 unspecified atom stereocenters. The highest BCUT2D eigenvalue weighted by atomic mass is 79.9. The first kappa shape index (κ1) is 67.8. The van der Waals surface area contributed by atoms with Gasteiger partial charge in [-0.3, -0.25) is 19.2 Å². The lowest BCUT2D eigenvalue weighted by Gasteiger charge is -2.29. The van der Waals surface area contributed by atoms with E-state index in [1.165, 1.54) is 80.9 Å². The number of alkyl halides is 1. The summed E-state index contributed by atoms with van der Waals surface area (Å²) in [7, 11) is 0. The van der Waals surface area contributed by atoms with Crippen LogP contribution in [-0.2, 0) is 66.8 Å². The number of Topliss-reactive ketones (excluding diaryl/α,β-unsaturated/α-hetero) is 2. The van der Waals surface area contributed by atoms with E-state index >= 15 is 0 Å². The zero-order valence-electron chi connectivity index (χ0n) is 40.9. The molecule has 17 heteroatoms. The standard InChI is InChI=1S/C11H16O4.C8H12O3.C8H10O3.C6H15N.C5H9BrO2.C4H8O2.C4H8O/c1-6(2)9(12)15-11(5)7(3)10(13)14-8(11)4;1-5(2)8(10)11-7(4)6(3)9;1-5(2)7(9)11-8(10)6(3)4;1-4-7(5-2)6-3;1-3-8-5(7)4(2)6;1-3(5)4(2)6;1-2-4-5-3-1/h7-8H,1H2,2-5H3;7H,1H2,2-4H3;1,3H2,2,4H3;4-6H2,1-3H3;4H,3H2,1-2H3;3,5H,1-2H3;1-4H2. The molecule has 0 amide bonds. The maximum atomic E-state index is 11.4. The fraction of sp³-hybridized carbons (Fsp3) is 0.652. The van der Waals surface area contributed by atoms with Crippen molar-refractivity contribution in [1.29, 1.82) is 0 Å². The molecule has 2 aliphatic rings. The van der Waals surface area contributed by atoms with E-state index < -0.39 is 53.7 Å². The quantitative estimate of drug-likeness (QED) is 0.0636. The number of aliphatic hydroxyl groups is 1. The van der Waals surface area contributed by atoms with Gasteiger partial charge in [-0.1, -0.05) is 63.0 Å². The van der Waals surface area contributed by atoms with E-state index in [0.29, 0.717) is 17.8 Å². The largest absolute Gasteiger partial charge is 0.465 e. The van der Waals surface area contributed by atoms with Crippen LogP contribution in [0.1, 0.15) is 124 Å². The molecule has 0 spiro atoms. The topological polar surface area (TPSA) is 215 Å². The van der Waals surface area contributed by atoms with E-state index in [4.69, 9.17) is 19.3 Å². The molecule has 0 bridgehead atoms. The van der Waals surface area contributed by atoms with Gasteiger partial charge in [0, 0.05) is 35.5 Å². The van der Waals surface area contributed by atoms with Crippen molar-refractivity contribution in [2.24, 2.45) is 5.92 Å². The van der Waals surface area contributed by atoms with Crippen LogP contribution in [0.25, 0.3) is 0 Å². The van der Waals surface area contributed by atoms with Gasteiger partial charge in [0.05, 0.1) is 12.5 Å². The zero-order valence-corrected chi connectivity index (χ0v) is 42.4. The molecule has 0 aromatic heterocycles. The number of halogens is 1. The number of aliphatic hydroxyl groups excluding tert-OH is 1. The minimum atomic E-state index is -0.896. The normalized spacial score (nSPS) is 17.9. The van der Waals surface area contributed by atoms with Gasteiger partial charge in [-0.25, -0.2) is 19.2 Å². The second kappa shape index (κ2) is 38.2. The second-order valence-corrected chi connectivity index (χ2v) is 15.8. The highest BCUT2D eigenvalue weighted by Gasteiger charge is 2.53. The first-order valence-electron chi connectivity index (χ1n) is 20.7. The predicted octanol–water partition coefficient (Wildman–Crippen LogP) is 7.17. The number of hydrogen-bond acceptors (Lipinski definition) is 16. The van der Waals surface area contributed by atoms with Gasteiger partial charge in [0.1, 0.15) is 17.0 Å². The first-order valence-corrected chi connectivity index (χ1v) is 21.6. The monoisotopic (exact) mass is 963 g/mol. The number of carbonyl (C=O) groups excluding carboxylic acids is 8. The van der Waals surface area contributed by atoms with Crippen molar-refractivity contribution in [3.8, 4) is 0 Å². The highest BCUT2D eigenvalue weighted by molar-refractivity contribution is 9.10. The second-order valence-electron chi connectivity index (χ2n) is 14.4. The van der Waals surface area contributed by atoms with Gasteiger partial charge in [-0.15, -0.1) is 0 Å². The van der Waals surface area contributed by atoms with Crippen LogP contribution in [0.3, 0.4) is 0 Å². The summed E-state index contributed by atoms with van der Waals surface area (Å²) in [4.78, 5) is 88.0. The summed E-state index contributed by atoms with van der Waals surface area (Å²) in [5, 5.41) is 8.28. The van der Waals surface area contributed by atoms with E-state index in [1.807, 2.05) is 0 Å². The third-order valence-electron chi connectivity index (χ3n) is 8.43. The number of ether oxygens (including phenoxy) is 6.